The van der Waals surface area contributed by atoms with Crippen LogP contribution in [0.15, 0.2) is 42.7 Å². The van der Waals surface area contributed by atoms with Crippen LogP contribution in [0, 0.1) is 17.1 Å². The van der Waals surface area contributed by atoms with E-state index >= 15 is 0 Å². The summed E-state index contributed by atoms with van der Waals surface area (Å²) >= 11 is 0. The number of halogens is 1. The van der Waals surface area contributed by atoms with Gasteiger partial charge in [-0.25, -0.2) is 4.39 Å². The van der Waals surface area contributed by atoms with Gasteiger partial charge < -0.3 is 5.32 Å². The van der Waals surface area contributed by atoms with E-state index in [0.717, 1.165) is 5.69 Å². The zero-order chi connectivity index (χ0) is 11.4. The zero-order valence-electron chi connectivity index (χ0n) is 8.31. The van der Waals surface area contributed by atoms with E-state index in [-0.39, 0.29) is 5.56 Å². The Bertz CT molecular complexity index is 532. The summed E-state index contributed by atoms with van der Waals surface area (Å²) in [5, 5.41) is 11.7. The zero-order valence-corrected chi connectivity index (χ0v) is 8.31. The van der Waals surface area contributed by atoms with Crippen molar-refractivity contribution < 1.29 is 4.39 Å². The van der Waals surface area contributed by atoms with Gasteiger partial charge in [0.25, 0.3) is 0 Å². The highest BCUT2D eigenvalue weighted by molar-refractivity contribution is 5.60. The molecule has 0 aliphatic carbocycles. The van der Waals surface area contributed by atoms with Crippen molar-refractivity contribution in [2.75, 3.05) is 5.32 Å². The molecule has 78 valence electrons. The van der Waals surface area contributed by atoms with E-state index in [4.69, 9.17) is 5.26 Å². The van der Waals surface area contributed by atoms with Crippen LogP contribution in [0.1, 0.15) is 5.56 Å². The lowest BCUT2D eigenvalue weighted by molar-refractivity contribution is 0.628. The average molecular weight is 213 g/mol. The van der Waals surface area contributed by atoms with Crippen molar-refractivity contribution in [1.29, 1.82) is 5.26 Å². The normalized spacial score (nSPS) is 9.50. The topological polar surface area (TPSA) is 48.7 Å². The van der Waals surface area contributed by atoms with Crippen molar-refractivity contribution in [2.45, 2.75) is 0 Å². The molecular weight excluding hydrogens is 205 g/mol. The Morgan fingerprint density at radius 1 is 1.12 bits per heavy atom. The molecule has 4 heteroatoms. The van der Waals surface area contributed by atoms with Crippen LogP contribution in [0.4, 0.5) is 15.8 Å². The first-order valence-corrected chi connectivity index (χ1v) is 4.66. The molecule has 3 nitrogen and oxygen atoms in total. The number of nitrogens with one attached hydrogen (secondary N) is 1. The van der Waals surface area contributed by atoms with Crippen molar-refractivity contribution >= 4 is 11.4 Å². The molecule has 1 aromatic carbocycles. The Hall–Kier alpha value is -2.41. The molecule has 2 aromatic rings. The number of hydrogen-bond acceptors (Lipinski definition) is 3. The highest BCUT2D eigenvalue weighted by Gasteiger charge is 2.00. The van der Waals surface area contributed by atoms with Gasteiger partial charge in [0.05, 0.1) is 11.6 Å². The Labute approximate surface area is 92.2 Å². The summed E-state index contributed by atoms with van der Waals surface area (Å²) in [6.45, 7) is 0. The van der Waals surface area contributed by atoms with Crippen LogP contribution in [0.3, 0.4) is 0 Å². The lowest BCUT2D eigenvalue weighted by atomic mass is 10.2. The molecule has 0 unspecified atom stereocenters. The molecule has 1 heterocycles. The first-order chi connectivity index (χ1) is 7.78. The van der Waals surface area contributed by atoms with Gasteiger partial charge in [-0.3, -0.25) is 4.98 Å². The third-order valence-electron chi connectivity index (χ3n) is 2.00. The van der Waals surface area contributed by atoms with Crippen LogP contribution in [0.2, 0.25) is 0 Å². The van der Waals surface area contributed by atoms with Crippen LogP contribution in [0.25, 0.3) is 0 Å². The quantitative estimate of drug-likeness (QED) is 0.834. The first kappa shape index (κ1) is 10.1. The molecule has 16 heavy (non-hydrogen) atoms. The van der Waals surface area contributed by atoms with Crippen molar-refractivity contribution in [3.63, 3.8) is 0 Å². The second-order valence-corrected chi connectivity index (χ2v) is 3.20. The summed E-state index contributed by atoms with van der Waals surface area (Å²) in [6, 6.07) is 9.54. The molecule has 0 saturated carbocycles. The predicted octanol–water partition coefficient (Wildman–Crippen LogP) is 2.84. The molecule has 0 atom stereocenters. The second kappa shape index (κ2) is 4.41. The van der Waals surface area contributed by atoms with Gasteiger partial charge in [0.2, 0.25) is 0 Å². The molecule has 1 aromatic heterocycles. The van der Waals surface area contributed by atoms with Crippen molar-refractivity contribution in [3.05, 3.63) is 54.1 Å². The molecule has 0 aliphatic heterocycles. The molecule has 0 aliphatic rings. The van der Waals surface area contributed by atoms with Crippen LogP contribution in [-0.4, -0.2) is 4.98 Å². The number of pyridine rings is 1. The Morgan fingerprint density at radius 3 is 2.56 bits per heavy atom. The molecule has 0 amide bonds. The summed E-state index contributed by atoms with van der Waals surface area (Å²) in [4.78, 5) is 3.87. The Balaban J connectivity index is 2.29. The first-order valence-electron chi connectivity index (χ1n) is 4.66. The summed E-state index contributed by atoms with van der Waals surface area (Å²) in [5.74, 6) is -0.435. The fourth-order valence-corrected chi connectivity index (χ4v) is 1.33. The van der Waals surface area contributed by atoms with Crippen LogP contribution in [0.5, 0.6) is 0 Å². The van der Waals surface area contributed by atoms with Crippen LogP contribution in [-0.2, 0) is 0 Å². The maximum Gasteiger partial charge on any atom is 0.126 e. The summed E-state index contributed by atoms with van der Waals surface area (Å²) < 4.78 is 13.1. The molecule has 1 N–H and O–H groups in total. The molecule has 0 saturated heterocycles. The lowest BCUT2D eigenvalue weighted by Crippen LogP contribution is -1.92. The Kier molecular flexibility index (Phi) is 2.79. The predicted molar refractivity (Wildman–Crippen MR) is 58.6 cm³/mol. The van der Waals surface area contributed by atoms with E-state index in [1.54, 1.807) is 30.6 Å². The average Bonchev–Trinajstić information content (AvgIpc) is 2.29. The number of anilines is 2. The van der Waals surface area contributed by atoms with Gasteiger partial charge in [-0.05, 0) is 30.3 Å². The van der Waals surface area contributed by atoms with Gasteiger partial charge in [0.15, 0.2) is 0 Å². The molecule has 2 rings (SSSR count). The van der Waals surface area contributed by atoms with E-state index in [1.807, 2.05) is 6.07 Å². The molecule has 0 bridgehead atoms. The molecule has 0 spiro atoms. The fraction of sp³-hybridized carbons (Fsp3) is 0. The minimum atomic E-state index is -0.435. The van der Waals surface area contributed by atoms with E-state index in [2.05, 4.69) is 10.3 Å². The van der Waals surface area contributed by atoms with E-state index in [0.29, 0.717) is 5.69 Å². The lowest BCUT2D eigenvalue weighted by Gasteiger charge is -2.06. The number of benzene rings is 1. The number of nitrogens with zero attached hydrogens (tertiary/aromatic N) is 2. The van der Waals surface area contributed by atoms with Gasteiger partial charge >= 0.3 is 0 Å². The van der Waals surface area contributed by atoms with Gasteiger partial charge in [0.1, 0.15) is 5.82 Å². The third kappa shape index (κ3) is 2.34. The van der Waals surface area contributed by atoms with Crippen molar-refractivity contribution in [2.24, 2.45) is 0 Å². The molecule has 0 fully saturated rings. The van der Waals surface area contributed by atoms with Gasteiger partial charge in [0, 0.05) is 23.8 Å². The molecule has 0 radical (unpaired) electrons. The SMILES string of the molecule is N#Cc1cc(F)cc(Nc2ccncc2)c1. The number of nitriles is 1. The third-order valence-corrected chi connectivity index (χ3v) is 2.00. The minimum absolute atomic E-state index is 0.288. The second-order valence-electron chi connectivity index (χ2n) is 3.20. The van der Waals surface area contributed by atoms with Crippen LogP contribution >= 0.6 is 0 Å². The molecular formula is C12H8FN3. The smallest absolute Gasteiger partial charge is 0.126 e. The summed E-state index contributed by atoms with van der Waals surface area (Å²) in [5.41, 5.74) is 1.63. The maximum atomic E-state index is 13.1. The summed E-state index contributed by atoms with van der Waals surface area (Å²) in [7, 11) is 0. The van der Waals surface area contributed by atoms with E-state index in [1.165, 1.54) is 12.1 Å². The largest absolute Gasteiger partial charge is 0.355 e. The summed E-state index contributed by atoms with van der Waals surface area (Å²) in [6.07, 6.45) is 3.26. The van der Waals surface area contributed by atoms with Gasteiger partial charge in [-0.15, -0.1) is 0 Å². The van der Waals surface area contributed by atoms with Crippen molar-refractivity contribution in [1.82, 2.24) is 4.98 Å². The highest BCUT2D eigenvalue weighted by atomic mass is 19.1. The maximum absolute atomic E-state index is 13.1. The van der Waals surface area contributed by atoms with Gasteiger partial charge in [-0.1, -0.05) is 0 Å². The minimum Gasteiger partial charge on any atom is -0.355 e. The van der Waals surface area contributed by atoms with Crippen molar-refractivity contribution in [3.8, 4) is 6.07 Å². The number of rotatable bonds is 2. The Morgan fingerprint density at radius 2 is 1.88 bits per heavy atom. The number of hydrogen-bond donors (Lipinski definition) is 1. The standard InChI is InChI=1S/C12H8FN3/c13-10-5-9(8-14)6-12(7-10)16-11-1-3-15-4-2-11/h1-7H,(H,15,16). The van der Waals surface area contributed by atoms with Crippen LogP contribution < -0.4 is 5.32 Å². The van der Waals surface area contributed by atoms with Gasteiger partial charge in [-0.2, -0.15) is 5.26 Å². The monoisotopic (exact) mass is 213 g/mol. The number of aromatic nitrogens is 1. The van der Waals surface area contributed by atoms with E-state index < -0.39 is 5.82 Å². The fourth-order valence-electron chi connectivity index (χ4n) is 1.33. The highest BCUT2D eigenvalue weighted by Crippen LogP contribution is 2.18. The van der Waals surface area contributed by atoms with E-state index in [9.17, 15) is 4.39 Å².